The van der Waals surface area contributed by atoms with E-state index in [-0.39, 0.29) is 12.0 Å². The largest absolute Gasteiger partial charge is 0.468 e. The highest BCUT2D eigenvalue weighted by Gasteiger charge is 2.18. The minimum absolute atomic E-state index is 0.0633. The van der Waals surface area contributed by atoms with Gasteiger partial charge in [-0.1, -0.05) is 0 Å². The lowest BCUT2D eigenvalue weighted by Gasteiger charge is -2.22. The molecule has 1 amide bonds. The van der Waals surface area contributed by atoms with Crippen LogP contribution in [0.25, 0.3) is 0 Å². The van der Waals surface area contributed by atoms with E-state index in [0.717, 1.165) is 0 Å². The van der Waals surface area contributed by atoms with Gasteiger partial charge in [0.2, 0.25) is 0 Å². The van der Waals surface area contributed by atoms with Gasteiger partial charge in [0.25, 0.3) is 0 Å². The molecule has 2 unspecified atom stereocenters. The summed E-state index contributed by atoms with van der Waals surface area (Å²) >= 11 is 0. The number of carbonyl (C=O) groups is 2. The average Bonchev–Trinajstić information content (AvgIpc) is 2.22. The molecule has 0 saturated heterocycles. The molecule has 0 saturated carbocycles. The average molecular weight is 260 g/mol. The smallest absolute Gasteiger partial charge is 0.407 e. The van der Waals surface area contributed by atoms with E-state index in [2.05, 4.69) is 15.4 Å². The van der Waals surface area contributed by atoms with Crippen molar-refractivity contribution in [2.75, 3.05) is 13.7 Å². The van der Waals surface area contributed by atoms with E-state index in [1.807, 2.05) is 6.92 Å². The lowest BCUT2D eigenvalue weighted by molar-refractivity contribution is -0.142. The molecule has 0 radical (unpaired) electrons. The molecular weight excluding hydrogens is 236 g/mol. The van der Waals surface area contributed by atoms with Gasteiger partial charge in [0.05, 0.1) is 7.11 Å². The second kappa shape index (κ2) is 7.20. The maximum Gasteiger partial charge on any atom is 0.407 e. The van der Waals surface area contributed by atoms with Crippen molar-refractivity contribution in [2.45, 2.75) is 52.3 Å². The SMILES string of the molecule is COC(=O)C(C)NC(C)CNC(=O)OC(C)(C)C. The third-order valence-corrected chi connectivity index (χ3v) is 2.04. The lowest BCUT2D eigenvalue weighted by atomic mass is 10.2. The molecule has 2 N–H and O–H groups in total. The lowest BCUT2D eigenvalue weighted by Crippen LogP contribution is -2.46. The highest BCUT2D eigenvalue weighted by Crippen LogP contribution is 2.06. The number of ether oxygens (including phenoxy) is 2. The van der Waals surface area contributed by atoms with Gasteiger partial charge < -0.3 is 20.1 Å². The second-order valence-corrected chi connectivity index (χ2v) is 5.20. The molecule has 0 heterocycles. The van der Waals surface area contributed by atoms with E-state index < -0.39 is 17.7 Å². The predicted molar refractivity (Wildman–Crippen MR) is 68.3 cm³/mol. The van der Waals surface area contributed by atoms with E-state index >= 15 is 0 Å². The summed E-state index contributed by atoms with van der Waals surface area (Å²) in [7, 11) is 1.34. The van der Waals surface area contributed by atoms with Crippen LogP contribution in [0, 0.1) is 0 Å². The summed E-state index contributed by atoms with van der Waals surface area (Å²) in [4.78, 5) is 22.6. The topological polar surface area (TPSA) is 76.7 Å². The third-order valence-electron chi connectivity index (χ3n) is 2.04. The summed E-state index contributed by atoms with van der Waals surface area (Å²) in [5.74, 6) is -0.334. The summed E-state index contributed by atoms with van der Waals surface area (Å²) in [6, 6.07) is -0.475. The highest BCUT2D eigenvalue weighted by molar-refractivity contribution is 5.75. The van der Waals surface area contributed by atoms with Crippen LogP contribution in [-0.4, -0.2) is 43.4 Å². The Bertz CT molecular complexity index is 286. The molecule has 0 bridgehead atoms. The Morgan fingerprint density at radius 3 is 2.22 bits per heavy atom. The molecule has 106 valence electrons. The molecule has 0 aliphatic heterocycles. The van der Waals surface area contributed by atoms with Crippen molar-refractivity contribution in [1.82, 2.24) is 10.6 Å². The summed E-state index contributed by atoms with van der Waals surface area (Å²) in [6.45, 7) is 9.33. The van der Waals surface area contributed by atoms with Crippen LogP contribution < -0.4 is 10.6 Å². The number of methoxy groups -OCH3 is 1. The molecule has 0 aromatic rings. The zero-order valence-corrected chi connectivity index (χ0v) is 12.0. The van der Waals surface area contributed by atoms with Crippen LogP contribution in [0.15, 0.2) is 0 Å². The fourth-order valence-corrected chi connectivity index (χ4v) is 1.28. The molecule has 2 atom stereocenters. The molecule has 0 spiro atoms. The van der Waals surface area contributed by atoms with Gasteiger partial charge in [-0.15, -0.1) is 0 Å². The minimum Gasteiger partial charge on any atom is -0.468 e. The van der Waals surface area contributed by atoms with Crippen LogP contribution in [0.1, 0.15) is 34.6 Å². The minimum atomic E-state index is -0.514. The van der Waals surface area contributed by atoms with Crippen molar-refractivity contribution in [3.8, 4) is 0 Å². The maximum atomic E-state index is 11.4. The quantitative estimate of drug-likeness (QED) is 0.723. The Morgan fingerprint density at radius 1 is 1.22 bits per heavy atom. The van der Waals surface area contributed by atoms with Crippen molar-refractivity contribution < 1.29 is 19.1 Å². The van der Waals surface area contributed by atoms with Crippen molar-refractivity contribution >= 4 is 12.1 Å². The van der Waals surface area contributed by atoms with Gasteiger partial charge in [0, 0.05) is 12.6 Å². The summed E-state index contributed by atoms with van der Waals surface area (Å²) < 4.78 is 9.68. The monoisotopic (exact) mass is 260 g/mol. The first-order valence-electron chi connectivity index (χ1n) is 5.96. The number of amides is 1. The Morgan fingerprint density at radius 2 is 1.78 bits per heavy atom. The van der Waals surface area contributed by atoms with Gasteiger partial charge in [-0.05, 0) is 34.6 Å². The van der Waals surface area contributed by atoms with E-state index in [0.29, 0.717) is 6.54 Å². The number of hydrogen-bond donors (Lipinski definition) is 2. The fourth-order valence-electron chi connectivity index (χ4n) is 1.28. The van der Waals surface area contributed by atoms with Crippen molar-refractivity contribution in [2.24, 2.45) is 0 Å². The van der Waals surface area contributed by atoms with Crippen molar-refractivity contribution in [3.05, 3.63) is 0 Å². The molecule has 6 nitrogen and oxygen atoms in total. The first-order chi connectivity index (χ1) is 8.15. The van der Waals surface area contributed by atoms with Gasteiger partial charge in [-0.2, -0.15) is 0 Å². The summed E-state index contributed by atoms with van der Waals surface area (Å²) in [5.41, 5.74) is -0.514. The van der Waals surface area contributed by atoms with Gasteiger partial charge in [-0.25, -0.2) is 4.79 Å². The fraction of sp³-hybridized carbons (Fsp3) is 0.833. The van der Waals surface area contributed by atoms with E-state index in [1.54, 1.807) is 27.7 Å². The van der Waals surface area contributed by atoms with Crippen molar-refractivity contribution in [3.63, 3.8) is 0 Å². The van der Waals surface area contributed by atoms with Gasteiger partial charge in [0.1, 0.15) is 11.6 Å². The Labute approximate surface area is 108 Å². The number of carbonyl (C=O) groups excluding carboxylic acids is 2. The summed E-state index contributed by atoms with van der Waals surface area (Å²) in [5, 5.41) is 5.63. The normalized spacial score (nSPS) is 14.6. The van der Waals surface area contributed by atoms with Crippen molar-refractivity contribution in [1.29, 1.82) is 0 Å². The van der Waals surface area contributed by atoms with Crippen LogP contribution in [0.5, 0.6) is 0 Å². The Balaban J connectivity index is 3.93. The van der Waals surface area contributed by atoms with Crippen LogP contribution in [0.3, 0.4) is 0 Å². The molecule has 0 aromatic heterocycles. The zero-order chi connectivity index (χ0) is 14.3. The van der Waals surface area contributed by atoms with Crippen LogP contribution in [0.4, 0.5) is 4.79 Å². The second-order valence-electron chi connectivity index (χ2n) is 5.20. The Hall–Kier alpha value is -1.30. The molecule has 0 fully saturated rings. The molecule has 0 rings (SSSR count). The van der Waals surface area contributed by atoms with Crippen LogP contribution >= 0.6 is 0 Å². The van der Waals surface area contributed by atoms with E-state index in [4.69, 9.17) is 4.74 Å². The van der Waals surface area contributed by atoms with E-state index in [1.165, 1.54) is 7.11 Å². The Kier molecular flexibility index (Phi) is 6.68. The number of nitrogens with one attached hydrogen (secondary N) is 2. The molecule has 6 heteroatoms. The van der Waals surface area contributed by atoms with Gasteiger partial charge >= 0.3 is 12.1 Å². The van der Waals surface area contributed by atoms with Crippen LogP contribution in [-0.2, 0) is 14.3 Å². The van der Waals surface area contributed by atoms with Gasteiger partial charge in [-0.3, -0.25) is 4.79 Å². The van der Waals surface area contributed by atoms with E-state index in [9.17, 15) is 9.59 Å². The zero-order valence-electron chi connectivity index (χ0n) is 12.0. The molecule has 0 aliphatic carbocycles. The first kappa shape index (κ1) is 16.7. The molecule has 0 aromatic carbocycles. The number of rotatable bonds is 5. The first-order valence-corrected chi connectivity index (χ1v) is 5.96. The summed E-state index contributed by atoms with van der Waals surface area (Å²) in [6.07, 6.45) is -0.470. The third kappa shape index (κ3) is 7.89. The maximum absolute atomic E-state index is 11.4. The molecule has 0 aliphatic rings. The number of hydrogen-bond acceptors (Lipinski definition) is 5. The van der Waals surface area contributed by atoms with Crippen LogP contribution in [0.2, 0.25) is 0 Å². The number of esters is 1. The molecular formula is C12H24N2O4. The number of alkyl carbamates (subject to hydrolysis) is 1. The van der Waals surface area contributed by atoms with Gasteiger partial charge in [0.15, 0.2) is 0 Å². The highest BCUT2D eigenvalue weighted by atomic mass is 16.6. The standard InChI is InChI=1S/C12H24N2O4/c1-8(14-9(2)10(15)17-6)7-13-11(16)18-12(3,4)5/h8-9,14H,7H2,1-6H3,(H,13,16). The predicted octanol–water partition coefficient (Wildman–Crippen LogP) is 1.05. The molecule has 18 heavy (non-hydrogen) atoms.